The molecule has 1 aromatic heterocycles. The van der Waals surface area contributed by atoms with Crippen molar-refractivity contribution in [2.24, 2.45) is 0 Å². The minimum Gasteiger partial charge on any atom is -0.340 e. The molecule has 0 fully saturated rings. The Morgan fingerprint density at radius 1 is 1.56 bits per heavy atom. The van der Waals surface area contributed by atoms with Crippen molar-refractivity contribution in [3.05, 3.63) is 29.6 Å². The van der Waals surface area contributed by atoms with Crippen molar-refractivity contribution in [3.63, 3.8) is 0 Å². The van der Waals surface area contributed by atoms with Gasteiger partial charge in [-0.25, -0.2) is 0 Å². The molecule has 1 amide bonds. The zero-order valence-corrected chi connectivity index (χ0v) is 10.2. The maximum atomic E-state index is 12.0. The quantitative estimate of drug-likeness (QED) is 0.756. The number of amides is 1. The maximum Gasteiger partial charge on any atom is 0.272 e. The number of nitrogens with one attached hydrogen (secondary N) is 1. The van der Waals surface area contributed by atoms with Gasteiger partial charge in [0.25, 0.3) is 5.91 Å². The van der Waals surface area contributed by atoms with Crippen LogP contribution in [0.1, 0.15) is 22.5 Å². The average molecular weight is 221 g/mol. The summed E-state index contributed by atoms with van der Waals surface area (Å²) in [5, 5.41) is 3.06. The van der Waals surface area contributed by atoms with Crippen LogP contribution in [0.25, 0.3) is 0 Å². The van der Waals surface area contributed by atoms with Crippen molar-refractivity contribution in [1.29, 1.82) is 0 Å². The molecule has 0 aliphatic heterocycles. The smallest absolute Gasteiger partial charge is 0.272 e. The summed E-state index contributed by atoms with van der Waals surface area (Å²) in [7, 11) is 3.72. The topological polar surface area (TPSA) is 45.2 Å². The molecular formula is C12H19N3O. The zero-order chi connectivity index (χ0) is 12.0. The first-order valence-electron chi connectivity index (χ1n) is 5.48. The number of hydrogen-bond donors (Lipinski definition) is 1. The van der Waals surface area contributed by atoms with Gasteiger partial charge in [0.1, 0.15) is 5.69 Å². The van der Waals surface area contributed by atoms with Crippen LogP contribution in [-0.2, 0) is 0 Å². The van der Waals surface area contributed by atoms with Crippen LogP contribution < -0.4 is 5.32 Å². The number of carbonyl (C=O) groups excluding carboxylic acids is 1. The van der Waals surface area contributed by atoms with E-state index in [-0.39, 0.29) is 5.91 Å². The number of rotatable bonds is 5. The fourth-order valence-electron chi connectivity index (χ4n) is 1.48. The van der Waals surface area contributed by atoms with Crippen molar-refractivity contribution in [1.82, 2.24) is 15.2 Å². The Morgan fingerprint density at radius 2 is 2.31 bits per heavy atom. The highest BCUT2D eigenvalue weighted by molar-refractivity contribution is 5.93. The lowest BCUT2D eigenvalue weighted by atomic mass is 10.2. The van der Waals surface area contributed by atoms with Crippen molar-refractivity contribution in [3.8, 4) is 0 Å². The van der Waals surface area contributed by atoms with Crippen LogP contribution in [0, 0.1) is 6.92 Å². The third kappa shape index (κ3) is 3.31. The van der Waals surface area contributed by atoms with Crippen LogP contribution in [0.4, 0.5) is 0 Å². The molecule has 0 aliphatic carbocycles. The van der Waals surface area contributed by atoms with Crippen LogP contribution in [0.15, 0.2) is 18.3 Å². The summed E-state index contributed by atoms with van der Waals surface area (Å²) in [6.45, 7) is 3.57. The Hall–Kier alpha value is -1.42. The molecule has 4 nitrogen and oxygen atoms in total. The van der Waals surface area contributed by atoms with Gasteiger partial charge in [-0.1, -0.05) is 6.07 Å². The van der Waals surface area contributed by atoms with Gasteiger partial charge in [-0.15, -0.1) is 0 Å². The molecule has 0 unspecified atom stereocenters. The lowest BCUT2D eigenvalue weighted by Gasteiger charge is -2.17. The first-order chi connectivity index (χ1) is 7.66. The molecule has 0 atom stereocenters. The lowest BCUT2D eigenvalue weighted by Crippen LogP contribution is -2.30. The fourth-order valence-corrected chi connectivity index (χ4v) is 1.48. The molecule has 1 rings (SSSR count). The molecule has 4 heteroatoms. The minimum atomic E-state index is -0.00537. The Morgan fingerprint density at radius 3 is 2.94 bits per heavy atom. The van der Waals surface area contributed by atoms with Crippen LogP contribution in [0.2, 0.25) is 0 Å². The second kappa shape index (κ2) is 6.23. The Kier molecular flexibility index (Phi) is 4.92. The minimum absolute atomic E-state index is 0.00537. The molecule has 0 saturated heterocycles. The number of pyridine rings is 1. The van der Waals surface area contributed by atoms with E-state index in [9.17, 15) is 4.79 Å². The summed E-state index contributed by atoms with van der Waals surface area (Å²) in [6.07, 6.45) is 2.60. The molecule has 0 aromatic carbocycles. The summed E-state index contributed by atoms with van der Waals surface area (Å²) < 4.78 is 0. The molecule has 0 spiro atoms. The molecule has 1 aromatic rings. The summed E-state index contributed by atoms with van der Waals surface area (Å²) in [4.78, 5) is 17.8. The standard InChI is InChI=1S/C12H19N3O/c1-10-6-4-8-14-11(10)12(16)15(3)9-5-7-13-2/h4,6,8,13H,5,7,9H2,1-3H3. The van der Waals surface area contributed by atoms with Crippen molar-refractivity contribution in [2.45, 2.75) is 13.3 Å². The summed E-state index contributed by atoms with van der Waals surface area (Å²) in [5.74, 6) is -0.00537. The SMILES string of the molecule is CNCCCN(C)C(=O)c1ncccc1C. The zero-order valence-electron chi connectivity index (χ0n) is 10.2. The monoisotopic (exact) mass is 221 g/mol. The molecule has 1 heterocycles. The average Bonchev–Trinajstić information content (AvgIpc) is 2.29. The lowest BCUT2D eigenvalue weighted by molar-refractivity contribution is 0.0787. The van der Waals surface area contributed by atoms with Gasteiger partial charge in [-0.3, -0.25) is 9.78 Å². The van der Waals surface area contributed by atoms with Crippen LogP contribution in [-0.4, -0.2) is 43.0 Å². The fraction of sp³-hybridized carbons (Fsp3) is 0.500. The van der Waals surface area contributed by atoms with Gasteiger partial charge in [0.2, 0.25) is 0 Å². The molecule has 0 bridgehead atoms. The highest BCUT2D eigenvalue weighted by Gasteiger charge is 2.14. The predicted molar refractivity (Wildman–Crippen MR) is 64.5 cm³/mol. The van der Waals surface area contributed by atoms with Gasteiger partial charge in [0, 0.05) is 19.8 Å². The van der Waals surface area contributed by atoms with E-state index >= 15 is 0 Å². The second-order valence-electron chi connectivity index (χ2n) is 3.85. The first kappa shape index (κ1) is 12.6. The van der Waals surface area contributed by atoms with Crippen LogP contribution >= 0.6 is 0 Å². The Labute approximate surface area is 96.7 Å². The third-order valence-electron chi connectivity index (χ3n) is 2.48. The number of aryl methyl sites for hydroxylation is 1. The molecular weight excluding hydrogens is 202 g/mol. The van der Waals surface area contributed by atoms with Crippen LogP contribution in [0.3, 0.4) is 0 Å². The second-order valence-corrected chi connectivity index (χ2v) is 3.85. The highest BCUT2D eigenvalue weighted by Crippen LogP contribution is 2.06. The van der Waals surface area contributed by atoms with E-state index in [0.29, 0.717) is 5.69 Å². The van der Waals surface area contributed by atoms with Gasteiger partial charge in [-0.05, 0) is 38.6 Å². The van der Waals surface area contributed by atoms with Crippen molar-refractivity contribution < 1.29 is 4.79 Å². The molecule has 1 N–H and O–H groups in total. The van der Waals surface area contributed by atoms with Crippen LogP contribution in [0.5, 0.6) is 0 Å². The summed E-state index contributed by atoms with van der Waals surface area (Å²) >= 11 is 0. The first-order valence-corrected chi connectivity index (χ1v) is 5.48. The largest absolute Gasteiger partial charge is 0.340 e. The van der Waals surface area contributed by atoms with Gasteiger partial charge in [0.15, 0.2) is 0 Å². The summed E-state index contributed by atoms with van der Waals surface area (Å²) in [6, 6.07) is 3.74. The Bertz CT molecular complexity index is 352. The molecule has 0 radical (unpaired) electrons. The maximum absolute atomic E-state index is 12.0. The molecule has 0 aliphatic rings. The number of carbonyl (C=O) groups is 1. The van der Waals surface area contributed by atoms with E-state index in [1.165, 1.54) is 0 Å². The van der Waals surface area contributed by atoms with E-state index < -0.39 is 0 Å². The van der Waals surface area contributed by atoms with E-state index in [0.717, 1.165) is 25.1 Å². The Balaban J connectivity index is 2.60. The van der Waals surface area contributed by atoms with E-state index in [2.05, 4.69) is 10.3 Å². The van der Waals surface area contributed by atoms with Crippen molar-refractivity contribution >= 4 is 5.91 Å². The number of hydrogen-bond acceptors (Lipinski definition) is 3. The van der Waals surface area contributed by atoms with Gasteiger partial charge in [0.05, 0.1) is 0 Å². The normalized spacial score (nSPS) is 10.2. The summed E-state index contributed by atoms with van der Waals surface area (Å²) in [5.41, 5.74) is 1.47. The van der Waals surface area contributed by atoms with Gasteiger partial charge in [-0.2, -0.15) is 0 Å². The van der Waals surface area contributed by atoms with E-state index in [1.54, 1.807) is 11.1 Å². The number of aromatic nitrogens is 1. The van der Waals surface area contributed by atoms with E-state index in [1.807, 2.05) is 33.2 Å². The predicted octanol–water partition coefficient (Wildman–Crippen LogP) is 1.07. The van der Waals surface area contributed by atoms with Crippen molar-refractivity contribution in [2.75, 3.05) is 27.2 Å². The van der Waals surface area contributed by atoms with Gasteiger partial charge < -0.3 is 10.2 Å². The molecule has 0 saturated carbocycles. The molecule has 88 valence electrons. The highest BCUT2D eigenvalue weighted by atomic mass is 16.2. The van der Waals surface area contributed by atoms with E-state index in [4.69, 9.17) is 0 Å². The third-order valence-corrected chi connectivity index (χ3v) is 2.48. The number of nitrogens with zero attached hydrogens (tertiary/aromatic N) is 2. The molecule has 16 heavy (non-hydrogen) atoms. The van der Waals surface area contributed by atoms with Gasteiger partial charge >= 0.3 is 0 Å².